The molecule has 4 aromatic rings. The quantitative estimate of drug-likeness (QED) is 0.148. The van der Waals surface area contributed by atoms with Crippen LogP contribution in [-0.4, -0.2) is 102 Å². The smallest absolute Gasteiger partial charge is 0.389 e. The normalized spacial score (nSPS) is 41.1. The Labute approximate surface area is 267 Å². The number of imidazole rings is 2. The summed E-state index contributed by atoms with van der Waals surface area (Å²) in [5.41, 5.74) is 5.27. The van der Waals surface area contributed by atoms with E-state index in [1.807, 2.05) is 0 Å². The molecule has 2 saturated heterocycles. The second-order valence-electron chi connectivity index (χ2n) is 11.7. The molecule has 2 aliphatic heterocycles. The Hall–Kier alpha value is -2.39. The topological polar surface area (TPSA) is 268 Å². The number of aliphatic hydroxyl groups excluding tert-OH is 2. The first-order valence-corrected chi connectivity index (χ1v) is 19.0. The first-order valence-electron chi connectivity index (χ1n) is 14.0. The Morgan fingerprint density at radius 1 is 1.09 bits per heavy atom. The summed E-state index contributed by atoms with van der Waals surface area (Å²) in [6.45, 7) is -3.28. The Balaban J connectivity index is 1.14. The highest BCUT2D eigenvalue weighted by Crippen LogP contribution is 2.72. The molecule has 0 radical (unpaired) electrons. The van der Waals surface area contributed by atoms with Gasteiger partial charge in [0.1, 0.15) is 41.4 Å². The summed E-state index contributed by atoms with van der Waals surface area (Å²) < 4.78 is 39.4. The van der Waals surface area contributed by atoms with Crippen LogP contribution in [0, 0.1) is 18.3 Å². The maximum absolute atomic E-state index is 13.5. The van der Waals surface area contributed by atoms with Gasteiger partial charge in [-0.25, -0.2) is 29.5 Å². The fourth-order valence-corrected chi connectivity index (χ4v) is 11.1. The van der Waals surface area contributed by atoms with Crippen molar-refractivity contribution in [2.24, 2.45) is 11.3 Å². The summed E-state index contributed by atoms with van der Waals surface area (Å²) in [6.07, 6.45) is -0.888. The molecule has 23 heteroatoms. The number of phosphoric acid groups is 1. The number of nitrogens with two attached hydrogens (primary N) is 1. The summed E-state index contributed by atoms with van der Waals surface area (Å²) in [4.78, 5) is 58.2. The molecule has 2 aliphatic carbocycles. The van der Waals surface area contributed by atoms with Crippen LogP contribution < -0.4 is 11.3 Å². The van der Waals surface area contributed by atoms with Gasteiger partial charge in [0.2, 0.25) is 0 Å². The molecule has 4 aromatic heterocycles. The first-order chi connectivity index (χ1) is 21.8. The number of hydrogen-bond donors (Lipinski definition) is 6. The Morgan fingerprint density at radius 3 is 2.65 bits per heavy atom. The number of fused-ring (bicyclic) bond motifs is 4. The van der Waals surface area contributed by atoms with E-state index in [0.29, 0.717) is 23.4 Å². The van der Waals surface area contributed by atoms with Crippen molar-refractivity contribution in [1.29, 1.82) is 0 Å². The number of nitrogens with one attached hydrogen (secondary N) is 1. The number of aliphatic hydroxyl groups is 2. The van der Waals surface area contributed by atoms with E-state index < -0.39 is 79.1 Å². The van der Waals surface area contributed by atoms with Crippen molar-refractivity contribution in [3.63, 3.8) is 0 Å². The lowest BCUT2D eigenvalue weighted by atomic mass is 10.0. The predicted molar refractivity (Wildman–Crippen MR) is 163 cm³/mol. The maximum atomic E-state index is 13.5. The fraction of sp³-hybridized carbons (Fsp3) is 0.565. The number of rotatable bonds is 2. The zero-order valence-corrected chi connectivity index (χ0v) is 27.1. The first kappa shape index (κ1) is 30.9. The van der Waals surface area contributed by atoms with Crippen LogP contribution in [0.1, 0.15) is 23.7 Å². The number of anilines is 1. The molecule has 6 heterocycles. The number of phosphoric ester groups is 1. The molecular formula is C23H27N9O10P2S2. The lowest BCUT2D eigenvalue weighted by molar-refractivity contribution is -0.0259. The standard InChI is InChI=1S/C23H27N9O10P2S2/c1-8-29-20-12(21(35)30-8)28-7-32(20)22-16-14(33)10(46-22)3-39-44(38,45)42-17-15(34)13(9-2-23(9,17)4-40-43(36,37)41-16)31-6-27-11-18(24)25-5-26-19(11)31/h5-7,9-10,13-17,22,33-34H,2-4H2,1H3,(H,36,37)(H,38,45)(H2,24,25,26)(H,29,30,35)/t9-,10-,13-,14-,15+,16-,17+,22-,23+,44?/m1/s1. The van der Waals surface area contributed by atoms with Crippen molar-refractivity contribution in [2.45, 2.75) is 54.4 Å². The second-order valence-corrected chi connectivity index (χ2v) is 17.3. The van der Waals surface area contributed by atoms with Gasteiger partial charge in [0.15, 0.2) is 22.6 Å². The highest BCUT2D eigenvalue weighted by molar-refractivity contribution is 8.07. The average Bonchev–Trinajstić information content (AvgIpc) is 3.26. The van der Waals surface area contributed by atoms with Crippen LogP contribution in [0.25, 0.3) is 22.3 Å². The molecule has 2 saturated carbocycles. The maximum Gasteiger partial charge on any atom is 0.472 e. The molecule has 0 aromatic carbocycles. The van der Waals surface area contributed by atoms with Crippen LogP contribution in [0.4, 0.5) is 5.82 Å². The molecule has 1 spiro atoms. The van der Waals surface area contributed by atoms with E-state index in [-0.39, 0.29) is 23.6 Å². The molecule has 246 valence electrons. The number of H-pyrrole nitrogens is 1. The van der Waals surface area contributed by atoms with Crippen LogP contribution in [0.3, 0.4) is 0 Å². The van der Waals surface area contributed by atoms with Crippen molar-refractivity contribution >= 4 is 66.3 Å². The van der Waals surface area contributed by atoms with Gasteiger partial charge in [-0.3, -0.25) is 18.4 Å². The van der Waals surface area contributed by atoms with Crippen molar-refractivity contribution in [3.05, 3.63) is 35.2 Å². The van der Waals surface area contributed by atoms with Gasteiger partial charge < -0.3 is 44.3 Å². The zero-order valence-electron chi connectivity index (χ0n) is 23.6. The summed E-state index contributed by atoms with van der Waals surface area (Å²) in [5.74, 6) is 0.0632. The predicted octanol–water partition coefficient (Wildman–Crippen LogP) is -0.119. The molecule has 2 unspecified atom stereocenters. The van der Waals surface area contributed by atoms with E-state index in [1.165, 1.54) is 23.5 Å². The van der Waals surface area contributed by atoms with E-state index in [9.17, 15) is 29.4 Å². The number of thioether (sulfide) groups is 1. The molecule has 4 fully saturated rings. The van der Waals surface area contributed by atoms with Gasteiger partial charge in [0, 0.05) is 5.41 Å². The van der Waals surface area contributed by atoms with Gasteiger partial charge in [-0.2, -0.15) is 0 Å². The summed E-state index contributed by atoms with van der Waals surface area (Å²) in [7, 11) is -4.91. The average molecular weight is 716 g/mol. The number of aromatic amines is 1. The molecule has 7 N–H and O–H groups in total. The Morgan fingerprint density at radius 2 is 1.85 bits per heavy atom. The largest absolute Gasteiger partial charge is 0.472 e. The third kappa shape index (κ3) is 4.80. The van der Waals surface area contributed by atoms with Gasteiger partial charge in [-0.15, -0.1) is 11.8 Å². The minimum absolute atomic E-state index is 0.0234. The van der Waals surface area contributed by atoms with E-state index in [4.69, 9.17) is 35.6 Å². The van der Waals surface area contributed by atoms with Crippen LogP contribution in [0.15, 0.2) is 23.8 Å². The molecule has 19 nitrogen and oxygen atoms in total. The molecule has 46 heavy (non-hydrogen) atoms. The highest BCUT2D eigenvalue weighted by Gasteiger charge is 2.74. The summed E-state index contributed by atoms with van der Waals surface area (Å²) in [5, 5.41) is 21.1. The summed E-state index contributed by atoms with van der Waals surface area (Å²) >= 11 is 6.43. The van der Waals surface area contributed by atoms with E-state index in [0.717, 1.165) is 11.8 Å². The lowest BCUT2D eigenvalue weighted by Crippen LogP contribution is -2.38. The van der Waals surface area contributed by atoms with Gasteiger partial charge in [-0.05, 0) is 31.1 Å². The van der Waals surface area contributed by atoms with E-state index in [2.05, 4.69) is 29.9 Å². The van der Waals surface area contributed by atoms with Gasteiger partial charge in [0.25, 0.3) is 5.56 Å². The highest BCUT2D eigenvalue weighted by atomic mass is 32.5. The number of hydrogen-bond acceptors (Lipinski definition) is 16. The summed E-state index contributed by atoms with van der Waals surface area (Å²) in [6, 6.07) is -0.707. The van der Waals surface area contributed by atoms with Crippen molar-refractivity contribution in [2.75, 3.05) is 18.9 Å². The van der Waals surface area contributed by atoms with Crippen molar-refractivity contribution < 1.29 is 42.7 Å². The van der Waals surface area contributed by atoms with Gasteiger partial charge in [-0.1, -0.05) is 0 Å². The van der Waals surface area contributed by atoms with Crippen LogP contribution in [-0.2, 0) is 34.5 Å². The SMILES string of the molecule is Cc1nc2c(ncn2[C@@H]2S[C@@H]3COP(O)(=S)O[C@H]4[C@@H](O)[C@H](n5cnc6c(N)ncnc65)[C@H]5C[C@]54COP(=O)(O)O[C@@H]2[C@@H]3O)c(=O)[nH]1. The van der Waals surface area contributed by atoms with Crippen molar-refractivity contribution in [3.8, 4) is 0 Å². The van der Waals surface area contributed by atoms with E-state index >= 15 is 0 Å². The minimum atomic E-state index is -4.91. The number of nitrogens with zero attached hydrogens (tertiary/aromatic N) is 7. The van der Waals surface area contributed by atoms with Crippen LogP contribution in [0.5, 0.6) is 0 Å². The Bertz CT molecular complexity index is 2050. The van der Waals surface area contributed by atoms with Crippen molar-refractivity contribution in [1.82, 2.24) is 39.0 Å². The van der Waals surface area contributed by atoms with Gasteiger partial charge in [0.05, 0.1) is 43.3 Å². The molecule has 2 bridgehead atoms. The third-order valence-corrected chi connectivity index (χ3v) is 13.1. The number of aromatic nitrogens is 8. The van der Waals surface area contributed by atoms with Crippen LogP contribution in [0.2, 0.25) is 0 Å². The van der Waals surface area contributed by atoms with Crippen LogP contribution >= 0.6 is 26.3 Å². The molecule has 4 aliphatic rings. The zero-order chi connectivity index (χ0) is 32.3. The van der Waals surface area contributed by atoms with Gasteiger partial charge >= 0.3 is 14.5 Å². The molecule has 8 rings (SSSR count). The molecule has 11 atom stereocenters. The monoisotopic (exact) mass is 715 g/mol. The molecule has 0 amide bonds. The fourth-order valence-electron chi connectivity index (χ4n) is 6.90. The second kappa shape index (κ2) is 10.6. The Kier molecular flexibility index (Phi) is 7.09. The minimum Gasteiger partial charge on any atom is -0.389 e. The lowest BCUT2D eigenvalue weighted by Gasteiger charge is -2.31. The third-order valence-electron chi connectivity index (χ3n) is 9.06. The number of aryl methyl sites for hydroxylation is 1. The molecular weight excluding hydrogens is 688 g/mol. The van der Waals surface area contributed by atoms with E-state index in [1.54, 1.807) is 11.5 Å². The number of nitrogen functional groups attached to an aromatic ring is 1.